The van der Waals surface area contributed by atoms with Gasteiger partial charge in [0.2, 0.25) is 5.91 Å². The highest BCUT2D eigenvalue weighted by molar-refractivity contribution is 5.94. The molecule has 1 fully saturated rings. The smallest absolute Gasteiger partial charge is 0.318 e. The Morgan fingerprint density at radius 3 is 2.93 bits per heavy atom. The van der Waals surface area contributed by atoms with Crippen LogP contribution in [0.2, 0.25) is 0 Å². The molecule has 0 radical (unpaired) electrons. The normalized spacial score (nSPS) is 21.5. The zero-order valence-electron chi connectivity index (χ0n) is 7.69. The third kappa shape index (κ3) is 2.71. The van der Waals surface area contributed by atoms with Crippen molar-refractivity contribution >= 4 is 11.9 Å². The molecule has 1 heterocycles. The monoisotopic (exact) mass is 196 g/mol. The maximum absolute atomic E-state index is 11.1. The Kier molecular flexibility index (Phi) is 3.42. The second-order valence-electron chi connectivity index (χ2n) is 3.17. The van der Waals surface area contributed by atoms with Gasteiger partial charge in [0.05, 0.1) is 18.7 Å². The third-order valence-corrected chi connectivity index (χ3v) is 2.12. The molecule has 1 saturated heterocycles. The van der Waals surface area contributed by atoms with Crippen molar-refractivity contribution in [3.8, 4) is 6.07 Å². The molecule has 0 saturated carbocycles. The SMILES string of the molecule is N#CC1CCCN1CC(=O)NC(N)=O. The Hall–Kier alpha value is -1.61. The van der Waals surface area contributed by atoms with Gasteiger partial charge in [0.1, 0.15) is 0 Å². The summed E-state index contributed by atoms with van der Waals surface area (Å²) in [6.45, 7) is 0.769. The van der Waals surface area contributed by atoms with Crippen LogP contribution in [0.25, 0.3) is 0 Å². The largest absolute Gasteiger partial charge is 0.351 e. The molecule has 6 heteroatoms. The van der Waals surface area contributed by atoms with Crippen molar-refractivity contribution in [2.45, 2.75) is 18.9 Å². The highest BCUT2D eigenvalue weighted by Crippen LogP contribution is 2.15. The molecule has 1 unspecified atom stereocenters. The standard InChI is InChI=1S/C8H12N4O2/c9-4-6-2-1-3-12(6)5-7(13)11-8(10)14/h6H,1-3,5H2,(H3,10,11,13,14). The molecule has 1 aliphatic rings. The Morgan fingerprint density at radius 1 is 1.64 bits per heavy atom. The van der Waals surface area contributed by atoms with Crippen LogP contribution in [0, 0.1) is 11.3 Å². The fraction of sp³-hybridized carbons (Fsp3) is 0.625. The topological polar surface area (TPSA) is 99.2 Å². The molecule has 0 aromatic heterocycles. The number of likely N-dealkylation sites (tertiary alicyclic amines) is 1. The minimum Gasteiger partial charge on any atom is -0.351 e. The number of imide groups is 1. The molecule has 0 bridgehead atoms. The first-order chi connectivity index (χ1) is 6.63. The predicted octanol–water partition coefficient (Wildman–Crippen LogP) is -0.831. The lowest BCUT2D eigenvalue weighted by Gasteiger charge is -2.17. The van der Waals surface area contributed by atoms with Crippen LogP contribution in [-0.2, 0) is 4.79 Å². The number of amides is 3. The molecule has 3 amide bonds. The van der Waals surface area contributed by atoms with Crippen molar-refractivity contribution in [3.63, 3.8) is 0 Å². The van der Waals surface area contributed by atoms with Gasteiger partial charge in [-0.25, -0.2) is 4.79 Å². The molecule has 6 nitrogen and oxygen atoms in total. The van der Waals surface area contributed by atoms with Gasteiger partial charge < -0.3 is 5.73 Å². The number of nitrogens with one attached hydrogen (secondary N) is 1. The van der Waals surface area contributed by atoms with E-state index in [0.717, 1.165) is 12.8 Å². The van der Waals surface area contributed by atoms with E-state index in [1.165, 1.54) is 0 Å². The number of carbonyl (C=O) groups is 2. The van der Waals surface area contributed by atoms with Crippen LogP contribution in [0.15, 0.2) is 0 Å². The zero-order valence-corrected chi connectivity index (χ0v) is 7.69. The Labute approximate surface area is 81.7 Å². The Morgan fingerprint density at radius 2 is 2.36 bits per heavy atom. The number of urea groups is 1. The third-order valence-electron chi connectivity index (χ3n) is 2.12. The molecular formula is C8H12N4O2. The van der Waals surface area contributed by atoms with E-state index in [0.29, 0.717) is 6.54 Å². The van der Waals surface area contributed by atoms with Crippen molar-refractivity contribution in [1.29, 1.82) is 5.26 Å². The van der Waals surface area contributed by atoms with Gasteiger partial charge in [0, 0.05) is 6.54 Å². The summed E-state index contributed by atoms with van der Waals surface area (Å²) in [5.41, 5.74) is 4.78. The zero-order chi connectivity index (χ0) is 10.6. The van der Waals surface area contributed by atoms with Gasteiger partial charge in [-0.3, -0.25) is 15.0 Å². The Balaban J connectivity index is 2.40. The molecule has 0 spiro atoms. The number of rotatable bonds is 2. The molecule has 76 valence electrons. The molecule has 0 aromatic rings. The first-order valence-electron chi connectivity index (χ1n) is 4.36. The van der Waals surface area contributed by atoms with Gasteiger partial charge in [-0.15, -0.1) is 0 Å². The number of hydrogen-bond donors (Lipinski definition) is 2. The summed E-state index contributed by atoms with van der Waals surface area (Å²) in [5, 5.41) is 10.7. The van der Waals surface area contributed by atoms with Crippen LogP contribution in [-0.4, -0.2) is 36.0 Å². The van der Waals surface area contributed by atoms with Crippen molar-refractivity contribution in [1.82, 2.24) is 10.2 Å². The lowest BCUT2D eigenvalue weighted by Crippen LogP contribution is -2.43. The molecule has 14 heavy (non-hydrogen) atoms. The lowest BCUT2D eigenvalue weighted by molar-refractivity contribution is -0.121. The molecule has 1 atom stereocenters. The summed E-state index contributed by atoms with van der Waals surface area (Å²) in [5.74, 6) is -0.459. The van der Waals surface area contributed by atoms with Crippen molar-refractivity contribution in [2.75, 3.05) is 13.1 Å². The average Bonchev–Trinajstić information content (AvgIpc) is 2.50. The number of nitriles is 1. The van der Waals surface area contributed by atoms with E-state index in [2.05, 4.69) is 6.07 Å². The van der Waals surface area contributed by atoms with Crippen LogP contribution in [0.3, 0.4) is 0 Å². The lowest BCUT2D eigenvalue weighted by atomic mass is 10.2. The molecule has 0 aromatic carbocycles. The molecule has 1 rings (SSSR count). The van der Waals surface area contributed by atoms with Crippen LogP contribution < -0.4 is 11.1 Å². The van der Waals surface area contributed by atoms with Gasteiger partial charge >= 0.3 is 6.03 Å². The van der Waals surface area contributed by atoms with Crippen molar-refractivity contribution in [2.24, 2.45) is 5.73 Å². The number of hydrogen-bond acceptors (Lipinski definition) is 4. The van der Waals surface area contributed by atoms with Crippen molar-refractivity contribution < 1.29 is 9.59 Å². The molecule has 0 aliphatic carbocycles. The summed E-state index contributed by atoms with van der Waals surface area (Å²) in [6.07, 6.45) is 1.68. The van der Waals surface area contributed by atoms with Crippen LogP contribution in [0.5, 0.6) is 0 Å². The second kappa shape index (κ2) is 4.58. The summed E-state index contributed by atoms with van der Waals surface area (Å²) in [4.78, 5) is 23.2. The fourth-order valence-electron chi connectivity index (χ4n) is 1.52. The van der Waals surface area contributed by atoms with Gasteiger partial charge in [-0.05, 0) is 12.8 Å². The molecule has 3 N–H and O–H groups in total. The highest BCUT2D eigenvalue weighted by Gasteiger charge is 2.25. The maximum atomic E-state index is 11.1. The number of nitrogens with two attached hydrogens (primary N) is 1. The van der Waals surface area contributed by atoms with E-state index in [1.807, 2.05) is 5.32 Å². The van der Waals surface area contributed by atoms with E-state index in [4.69, 9.17) is 11.0 Å². The fourth-order valence-corrected chi connectivity index (χ4v) is 1.52. The van der Waals surface area contributed by atoms with Crippen LogP contribution in [0.4, 0.5) is 4.79 Å². The van der Waals surface area contributed by atoms with Gasteiger partial charge in [-0.1, -0.05) is 0 Å². The van der Waals surface area contributed by atoms with E-state index in [-0.39, 0.29) is 12.6 Å². The number of primary amides is 1. The Bertz CT molecular complexity index is 284. The van der Waals surface area contributed by atoms with Crippen molar-refractivity contribution in [3.05, 3.63) is 0 Å². The van der Waals surface area contributed by atoms with Gasteiger partial charge in [-0.2, -0.15) is 5.26 Å². The first-order valence-corrected chi connectivity index (χ1v) is 4.36. The maximum Gasteiger partial charge on any atom is 0.318 e. The highest BCUT2D eigenvalue weighted by atomic mass is 16.2. The van der Waals surface area contributed by atoms with E-state index < -0.39 is 11.9 Å². The van der Waals surface area contributed by atoms with Gasteiger partial charge in [0.15, 0.2) is 0 Å². The number of carbonyl (C=O) groups excluding carboxylic acids is 2. The average molecular weight is 196 g/mol. The predicted molar refractivity (Wildman–Crippen MR) is 47.9 cm³/mol. The minimum absolute atomic E-state index is 0.0567. The molecule has 1 aliphatic heterocycles. The quantitative estimate of drug-likeness (QED) is 0.602. The summed E-state index contributed by atoms with van der Waals surface area (Å²) in [6, 6.07) is 1.03. The second-order valence-corrected chi connectivity index (χ2v) is 3.17. The summed E-state index contributed by atoms with van der Waals surface area (Å²) < 4.78 is 0. The van der Waals surface area contributed by atoms with Crippen LogP contribution >= 0.6 is 0 Å². The number of nitrogens with zero attached hydrogens (tertiary/aromatic N) is 2. The van der Waals surface area contributed by atoms with E-state index >= 15 is 0 Å². The van der Waals surface area contributed by atoms with E-state index in [1.54, 1.807) is 4.90 Å². The summed E-state index contributed by atoms with van der Waals surface area (Å²) >= 11 is 0. The molecular weight excluding hydrogens is 184 g/mol. The van der Waals surface area contributed by atoms with Crippen LogP contribution in [0.1, 0.15) is 12.8 Å². The summed E-state index contributed by atoms with van der Waals surface area (Å²) in [7, 11) is 0. The van der Waals surface area contributed by atoms with E-state index in [9.17, 15) is 9.59 Å². The first kappa shape index (κ1) is 10.5. The minimum atomic E-state index is -0.859. The van der Waals surface area contributed by atoms with Gasteiger partial charge in [0.25, 0.3) is 0 Å².